The second kappa shape index (κ2) is 7.92. The van der Waals surface area contributed by atoms with Crippen LogP contribution in [-0.4, -0.2) is 49.7 Å². The van der Waals surface area contributed by atoms with E-state index in [4.69, 9.17) is 0 Å². The predicted molar refractivity (Wildman–Crippen MR) is 109 cm³/mol. The summed E-state index contributed by atoms with van der Waals surface area (Å²) in [7, 11) is -1.74. The molecule has 1 amide bonds. The molecule has 5 nitrogen and oxygen atoms in total. The molecule has 1 aromatic carbocycles. The molecule has 1 fully saturated rings. The average molecular weight is 395 g/mol. The number of carbonyl (C=O) groups is 1. The summed E-state index contributed by atoms with van der Waals surface area (Å²) in [6, 6.07) is 5.86. The van der Waals surface area contributed by atoms with Gasteiger partial charge in [0.2, 0.25) is 15.9 Å². The van der Waals surface area contributed by atoms with Gasteiger partial charge in [0.15, 0.2) is 0 Å². The number of sulfonamides is 1. The minimum absolute atomic E-state index is 0.0918. The fraction of sp³-hybridized carbons (Fsp3) is 0.667. The Bertz CT molecular complexity index is 786. The van der Waals surface area contributed by atoms with E-state index in [9.17, 15) is 13.2 Å². The van der Waals surface area contributed by atoms with E-state index >= 15 is 0 Å². The zero-order valence-electron chi connectivity index (χ0n) is 17.7. The lowest BCUT2D eigenvalue weighted by Crippen LogP contribution is -2.45. The summed E-state index contributed by atoms with van der Waals surface area (Å²) in [5.74, 6) is 0.0267. The van der Waals surface area contributed by atoms with Crippen LogP contribution in [0.3, 0.4) is 0 Å². The summed E-state index contributed by atoms with van der Waals surface area (Å²) < 4.78 is 28.0. The number of hydrogen-bond donors (Lipinski definition) is 0. The topological polar surface area (TPSA) is 57.7 Å². The Morgan fingerprint density at radius 2 is 1.74 bits per heavy atom. The summed E-state index contributed by atoms with van der Waals surface area (Å²) in [6.45, 7) is 12.8. The van der Waals surface area contributed by atoms with E-state index in [0.29, 0.717) is 30.8 Å². The van der Waals surface area contributed by atoms with Gasteiger partial charge < -0.3 is 4.90 Å². The molecule has 0 N–H and O–H groups in total. The molecule has 0 aromatic heterocycles. The van der Waals surface area contributed by atoms with Crippen molar-refractivity contribution in [1.82, 2.24) is 9.21 Å². The SMILES string of the molecule is Cc1ccc(C(C)(C)C)cc1S(=O)(=O)N1CCC(C(=O)N(C)C(C)C)CC1. The summed E-state index contributed by atoms with van der Waals surface area (Å²) in [6.07, 6.45) is 1.15. The smallest absolute Gasteiger partial charge is 0.243 e. The Balaban J connectivity index is 2.19. The fourth-order valence-electron chi connectivity index (χ4n) is 3.37. The number of benzene rings is 1. The Morgan fingerprint density at radius 3 is 2.22 bits per heavy atom. The standard InChI is InChI=1S/C21H34N2O3S/c1-15(2)22(7)20(24)17-10-12-23(13-11-17)27(25,26)19-14-18(21(4,5)6)9-8-16(19)3/h8-9,14-15,17H,10-13H2,1-7H3. The molecule has 0 spiro atoms. The quantitative estimate of drug-likeness (QED) is 0.784. The molecule has 0 aliphatic carbocycles. The fourth-order valence-corrected chi connectivity index (χ4v) is 5.09. The minimum atomic E-state index is -3.55. The van der Waals surface area contributed by atoms with Gasteiger partial charge in [-0.1, -0.05) is 32.9 Å². The van der Waals surface area contributed by atoms with Gasteiger partial charge in [0.25, 0.3) is 0 Å². The molecule has 1 aromatic rings. The first-order valence-corrected chi connectivity index (χ1v) is 11.2. The maximum atomic E-state index is 13.2. The van der Waals surface area contributed by atoms with E-state index in [1.54, 1.807) is 9.21 Å². The van der Waals surface area contributed by atoms with Crippen LogP contribution in [0.1, 0.15) is 58.6 Å². The number of nitrogens with zero attached hydrogens (tertiary/aromatic N) is 2. The highest BCUT2D eigenvalue weighted by atomic mass is 32.2. The van der Waals surface area contributed by atoms with E-state index < -0.39 is 10.0 Å². The van der Waals surface area contributed by atoms with Gasteiger partial charge in [-0.15, -0.1) is 0 Å². The first-order chi connectivity index (χ1) is 12.4. The van der Waals surface area contributed by atoms with Crippen molar-refractivity contribution in [2.45, 2.75) is 70.7 Å². The monoisotopic (exact) mass is 394 g/mol. The van der Waals surface area contributed by atoms with E-state index in [2.05, 4.69) is 20.8 Å². The van der Waals surface area contributed by atoms with Gasteiger partial charge in [-0.25, -0.2) is 8.42 Å². The summed E-state index contributed by atoms with van der Waals surface area (Å²) in [5, 5.41) is 0. The molecule has 1 heterocycles. The molecule has 0 saturated carbocycles. The number of piperidine rings is 1. The molecule has 0 radical (unpaired) electrons. The van der Waals surface area contributed by atoms with Crippen molar-refractivity contribution in [2.75, 3.05) is 20.1 Å². The highest BCUT2D eigenvalue weighted by Crippen LogP contribution is 2.30. The van der Waals surface area contributed by atoms with Crippen LogP contribution in [-0.2, 0) is 20.2 Å². The lowest BCUT2D eigenvalue weighted by molar-refractivity contribution is -0.136. The molecular formula is C21H34N2O3S. The molecule has 1 aliphatic rings. The Labute approximate surface area is 164 Å². The second-order valence-corrected chi connectivity index (χ2v) is 10.9. The maximum absolute atomic E-state index is 13.2. The second-order valence-electron chi connectivity index (χ2n) is 8.95. The molecule has 2 rings (SSSR count). The van der Waals surface area contributed by atoms with E-state index in [-0.39, 0.29) is 23.3 Å². The van der Waals surface area contributed by atoms with Crippen LogP contribution < -0.4 is 0 Å². The van der Waals surface area contributed by atoms with Crippen molar-refractivity contribution in [3.8, 4) is 0 Å². The van der Waals surface area contributed by atoms with Gasteiger partial charge in [0.05, 0.1) is 4.90 Å². The van der Waals surface area contributed by atoms with E-state index in [1.165, 1.54) is 0 Å². The van der Waals surface area contributed by atoms with Crippen molar-refractivity contribution in [3.63, 3.8) is 0 Å². The van der Waals surface area contributed by atoms with Crippen LogP contribution >= 0.6 is 0 Å². The highest BCUT2D eigenvalue weighted by Gasteiger charge is 2.34. The summed E-state index contributed by atoms with van der Waals surface area (Å²) in [4.78, 5) is 14.7. The molecule has 0 atom stereocenters. The molecule has 1 saturated heterocycles. The molecule has 0 unspecified atom stereocenters. The Morgan fingerprint density at radius 1 is 1.19 bits per heavy atom. The van der Waals surface area contributed by atoms with Crippen molar-refractivity contribution in [1.29, 1.82) is 0 Å². The Hall–Kier alpha value is -1.40. The number of aryl methyl sites for hydroxylation is 1. The van der Waals surface area contributed by atoms with Gasteiger partial charge >= 0.3 is 0 Å². The van der Waals surface area contributed by atoms with Crippen molar-refractivity contribution < 1.29 is 13.2 Å². The van der Waals surface area contributed by atoms with Gasteiger partial charge in [0.1, 0.15) is 0 Å². The third kappa shape index (κ3) is 4.72. The molecule has 27 heavy (non-hydrogen) atoms. The number of hydrogen-bond acceptors (Lipinski definition) is 3. The number of carbonyl (C=O) groups excluding carboxylic acids is 1. The number of rotatable bonds is 4. The van der Waals surface area contributed by atoms with Gasteiger partial charge in [-0.05, 0) is 56.2 Å². The zero-order chi connectivity index (χ0) is 20.6. The van der Waals surface area contributed by atoms with Crippen molar-refractivity contribution in [3.05, 3.63) is 29.3 Å². The van der Waals surface area contributed by atoms with E-state index in [1.807, 2.05) is 46.0 Å². The maximum Gasteiger partial charge on any atom is 0.243 e. The third-order valence-electron chi connectivity index (χ3n) is 5.60. The lowest BCUT2D eigenvalue weighted by Gasteiger charge is -2.34. The van der Waals surface area contributed by atoms with E-state index in [0.717, 1.165) is 11.1 Å². The van der Waals surface area contributed by atoms with Gasteiger partial charge in [-0.2, -0.15) is 4.31 Å². The molecule has 6 heteroatoms. The van der Waals surface area contributed by atoms with Crippen LogP contribution in [0.2, 0.25) is 0 Å². The molecule has 0 bridgehead atoms. The first kappa shape index (κ1) is 21.9. The highest BCUT2D eigenvalue weighted by molar-refractivity contribution is 7.89. The normalized spacial score (nSPS) is 17.3. The average Bonchev–Trinajstić information content (AvgIpc) is 2.59. The van der Waals surface area contributed by atoms with Gasteiger partial charge in [-0.3, -0.25) is 4.79 Å². The molecular weight excluding hydrogens is 360 g/mol. The van der Waals surface area contributed by atoms with Crippen molar-refractivity contribution >= 4 is 15.9 Å². The summed E-state index contributed by atoms with van der Waals surface area (Å²) >= 11 is 0. The Kier molecular flexibility index (Phi) is 6.42. The first-order valence-electron chi connectivity index (χ1n) is 9.73. The van der Waals surface area contributed by atoms with Crippen LogP contribution in [0, 0.1) is 12.8 Å². The van der Waals surface area contributed by atoms with Gasteiger partial charge in [0, 0.05) is 32.1 Å². The zero-order valence-corrected chi connectivity index (χ0v) is 18.6. The van der Waals surface area contributed by atoms with Crippen molar-refractivity contribution in [2.24, 2.45) is 5.92 Å². The number of amides is 1. The van der Waals surface area contributed by atoms with Crippen LogP contribution in [0.4, 0.5) is 0 Å². The molecule has 152 valence electrons. The lowest BCUT2D eigenvalue weighted by atomic mass is 9.87. The molecule has 1 aliphatic heterocycles. The van der Waals surface area contributed by atoms with Crippen LogP contribution in [0.15, 0.2) is 23.1 Å². The minimum Gasteiger partial charge on any atom is -0.343 e. The largest absolute Gasteiger partial charge is 0.343 e. The van der Waals surface area contributed by atoms with Crippen LogP contribution in [0.5, 0.6) is 0 Å². The third-order valence-corrected chi connectivity index (χ3v) is 7.64. The predicted octanol–water partition coefficient (Wildman–Crippen LogP) is 3.56. The summed E-state index contributed by atoms with van der Waals surface area (Å²) in [5.41, 5.74) is 1.66. The van der Waals surface area contributed by atoms with Crippen LogP contribution in [0.25, 0.3) is 0 Å².